The summed E-state index contributed by atoms with van der Waals surface area (Å²) in [7, 11) is 0. The molecule has 1 amide bonds. The Bertz CT molecular complexity index is 481. The molecule has 0 atom stereocenters. The zero-order chi connectivity index (χ0) is 13.3. The van der Waals surface area contributed by atoms with Crippen molar-refractivity contribution in [3.05, 3.63) is 22.5 Å². The molecule has 98 valence electrons. The smallest absolute Gasteiger partial charge is 0.412 e. The van der Waals surface area contributed by atoms with Gasteiger partial charge in [-0.1, -0.05) is 11.6 Å². The topological polar surface area (TPSA) is 51.2 Å². The van der Waals surface area contributed by atoms with Gasteiger partial charge in [0.05, 0.1) is 5.69 Å². The van der Waals surface area contributed by atoms with Crippen LogP contribution in [-0.4, -0.2) is 16.7 Å². The number of amides is 1. The second-order valence-corrected chi connectivity index (χ2v) is 5.77. The molecular weight excluding hydrogens is 252 g/mol. The molecule has 1 aliphatic rings. The van der Waals surface area contributed by atoms with Crippen LogP contribution in [0.3, 0.4) is 0 Å². The minimum absolute atomic E-state index is 0.321. The van der Waals surface area contributed by atoms with Gasteiger partial charge in [0.1, 0.15) is 5.60 Å². The maximum Gasteiger partial charge on any atom is 0.412 e. The Balaban J connectivity index is 2.12. The fourth-order valence-corrected chi connectivity index (χ4v) is 2.15. The number of carbonyl (C=O) groups is 1. The van der Waals surface area contributed by atoms with Crippen LogP contribution in [0.15, 0.2) is 6.07 Å². The highest BCUT2D eigenvalue weighted by Gasteiger charge is 2.20. The molecule has 1 aromatic heterocycles. The van der Waals surface area contributed by atoms with E-state index in [0.717, 1.165) is 30.5 Å². The van der Waals surface area contributed by atoms with Gasteiger partial charge in [-0.3, -0.25) is 5.32 Å². The molecule has 0 bridgehead atoms. The van der Waals surface area contributed by atoms with Crippen LogP contribution in [0.1, 0.15) is 38.4 Å². The van der Waals surface area contributed by atoms with Crippen LogP contribution in [-0.2, 0) is 17.6 Å². The maximum absolute atomic E-state index is 11.7. The first kappa shape index (κ1) is 13.1. The van der Waals surface area contributed by atoms with Crippen LogP contribution in [0.4, 0.5) is 10.5 Å². The van der Waals surface area contributed by atoms with Gasteiger partial charge in [0.25, 0.3) is 0 Å². The highest BCUT2D eigenvalue weighted by molar-refractivity contribution is 6.32. The average Bonchev–Trinajstić information content (AvgIpc) is 2.62. The molecule has 2 rings (SSSR count). The molecule has 0 saturated carbocycles. The zero-order valence-corrected chi connectivity index (χ0v) is 11.6. The van der Waals surface area contributed by atoms with Gasteiger partial charge in [-0.05, 0) is 51.7 Å². The van der Waals surface area contributed by atoms with E-state index in [1.165, 1.54) is 0 Å². The zero-order valence-electron chi connectivity index (χ0n) is 10.8. The predicted octanol–water partition coefficient (Wildman–Crippen LogP) is 3.57. The van der Waals surface area contributed by atoms with Crippen LogP contribution in [0.5, 0.6) is 0 Å². The van der Waals surface area contributed by atoms with Crippen LogP contribution in [0.25, 0.3) is 0 Å². The number of ether oxygens (including phenoxy) is 1. The summed E-state index contributed by atoms with van der Waals surface area (Å²) in [5.74, 6) is 0. The minimum Gasteiger partial charge on any atom is -0.444 e. The van der Waals surface area contributed by atoms with E-state index in [-0.39, 0.29) is 0 Å². The second kappa shape index (κ2) is 4.76. The third kappa shape index (κ3) is 3.13. The molecule has 1 N–H and O–H groups in total. The van der Waals surface area contributed by atoms with E-state index in [9.17, 15) is 4.79 Å². The predicted molar refractivity (Wildman–Crippen MR) is 71.1 cm³/mol. The second-order valence-electron chi connectivity index (χ2n) is 5.41. The van der Waals surface area contributed by atoms with E-state index in [0.29, 0.717) is 10.8 Å². The summed E-state index contributed by atoms with van der Waals surface area (Å²) in [5, 5.41) is 2.96. The van der Waals surface area contributed by atoms with Gasteiger partial charge in [0.15, 0.2) is 5.15 Å². The highest BCUT2D eigenvalue weighted by Crippen LogP contribution is 2.28. The van der Waals surface area contributed by atoms with E-state index in [4.69, 9.17) is 16.3 Å². The van der Waals surface area contributed by atoms with Gasteiger partial charge in [-0.15, -0.1) is 0 Å². The molecule has 18 heavy (non-hydrogen) atoms. The summed E-state index contributed by atoms with van der Waals surface area (Å²) < 4.78 is 5.18. The first-order chi connectivity index (χ1) is 8.35. The number of pyridine rings is 1. The monoisotopic (exact) mass is 268 g/mol. The Labute approximate surface area is 112 Å². The van der Waals surface area contributed by atoms with Gasteiger partial charge >= 0.3 is 6.09 Å². The largest absolute Gasteiger partial charge is 0.444 e. The Morgan fingerprint density at radius 3 is 2.83 bits per heavy atom. The van der Waals surface area contributed by atoms with Crippen molar-refractivity contribution in [2.45, 2.75) is 45.6 Å². The van der Waals surface area contributed by atoms with E-state index in [1.807, 2.05) is 26.8 Å². The van der Waals surface area contributed by atoms with Gasteiger partial charge < -0.3 is 4.74 Å². The standard InChI is InChI=1S/C13H17ClN2O2/c1-13(2,3)18-12(17)16-10-7-8-5-4-6-9(8)15-11(10)14/h7H,4-6H2,1-3H3,(H,16,17). The Morgan fingerprint density at radius 1 is 1.44 bits per heavy atom. The number of halogens is 1. The van der Waals surface area contributed by atoms with Gasteiger partial charge in [-0.2, -0.15) is 0 Å². The number of aromatic nitrogens is 1. The number of rotatable bonds is 1. The average molecular weight is 269 g/mol. The van der Waals surface area contributed by atoms with E-state index in [1.54, 1.807) is 0 Å². The lowest BCUT2D eigenvalue weighted by atomic mass is 10.2. The van der Waals surface area contributed by atoms with Gasteiger partial charge in [0, 0.05) is 5.69 Å². The van der Waals surface area contributed by atoms with E-state index < -0.39 is 11.7 Å². The third-order valence-electron chi connectivity index (χ3n) is 2.64. The molecule has 0 spiro atoms. The van der Waals surface area contributed by atoms with E-state index in [2.05, 4.69) is 10.3 Å². The summed E-state index contributed by atoms with van der Waals surface area (Å²) in [5.41, 5.74) is 2.19. The van der Waals surface area contributed by atoms with Gasteiger partial charge in [0.2, 0.25) is 0 Å². The first-order valence-electron chi connectivity index (χ1n) is 6.03. The lowest BCUT2D eigenvalue weighted by Crippen LogP contribution is -2.27. The normalized spacial score (nSPS) is 14.2. The number of hydrogen-bond acceptors (Lipinski definition) is 3. The van der Waals surface area contributed by atoms with Crippen molar-refractivity contribution in [1.29, 1.82) is 0 Å². The van der Waals surface area contributed by atoms with Crippen LogP contribution in [0, 0.1) is 0 Å². The van der Waals surface area contributed by atoms with E-state index >= 15 is 0 Å². The summed E-state index contributed by atoms with van der Waals surface area (Å²) >= 11 is 6.04. The number of carbonyl (C=O) groups excluding carboxylic acids is 1. The quantitative estimate of drug-likeness (QED) is 0.792. The number of aryl methyl sites for hydroxylation is 2. The fraction of sp³-hybridized carbons (Fsp3) is 0.538. The molecule has 0 fully saturated rings. The number of nitrogens with zero attached hydrogens (tertiary/aromatic N) is 1. The number of nitrogens with one attached hydrogen (secondary N) is 1. The Morgan fingerprint density at radius 2 is 2.17 bits per heavy atom. The SMILES string of the molecule is CC(C)(C)OC(=O)Nc1cc2c(nc1Cl)CCC2. The highest BCUT2D eigenvalue weighted by atomic mass is 35.5. The lowest BCUT2D eigenvalue weighted by molar-refractivity contribution is 0.0636. The summed E-state index contributed by atoms with van der Waals surface area (Å²) in [4.78, 5) is 16.0. The maximum atomic E-state index is 11.7. The molecular formula is C13H17ClN2O2. The van der Waals surface area contributed by atoms with Crippen LogP contribution >= 0.6 is 11.6 Å². The van der Waals surface area contributed by atoms with Crippen molar-refractivity contribution < 1.29 is 9.53 Å². The molecule has 5 heteroatoms. The van der Waals surface area contributed by atoms with Crippen LogP contribution < -0.4 is 5.32 Å². The van der Waals surface area contributed by atoms with Gasteiger partial charge in [-0.25, -0.2) is 9.78 Å². The minimum atomic E-state index is -0.527. The lowest BCUT2D eigenvalue weighted by Gasteiger charge is -2.20. The van der Waals surface area contributed by atoms with Crippen molar-refractivity contribution in [3.8, 4) is 0 Å². The molecule has 0 unspecified atom stereocenters. The Kier molecular flexibility index (Phi) is 3.48. The molecule has 0 aromatic carbocycles. The van der Waals surface area contributed by atoms with Crippen molar-refractivity contribution in [2.75, 3.05) is 5.32 Å². The van der Waals surface area contributed by atoms with Crippen LogP contribution in [0.2, 0.25) is 5.15 Å². The molecule has 1 aromatic rings. The number of hydrogen-bond donors (Lipinski definition) is 1. The molecule has 4 nitrogen and oxygen atoms in total. The Hall–Kier alpha value is -1.29. The summed E-state index contributed by atoms with van der Waals surface area (Å²) in [6, 6.07) is 1.89. The fourth-order valence-electron chi connectivity index (χ4n) is 1.95. The summed E-state index contributed by atoms with van der Waals surface area (Å²) in [6.07, 6.45) is 2.53. The molecule has 0 radical (unpaired) electrons. The van der Waals surface area contributed by atoms with Crippen molar-refractivity contribution in [3.63, 3.8) is 0 Å². The van der Waals surface area contributed by atoms with Crippen molar-refractivity contribution >= 4 is 23.4 Å². The molecule has 1 heterocycles. The number of fused-ring (bicyclic) bond motifs is 1. The summed E-state index contributed by atoms with van der Waals surface area (Å²) in [6.45, 7) is 5.44. The molecule has 0 saturated heterocycles. The third-order valence-corrected chi connectivity index (χ3v) is 2.93. The van der Waals surface area contributed by atoms with Crippen molar-refractivity contribution in [2.24, 2.45) is 0 Å². The van der Waals surface area contributed by atoms with Crippen molar-refractivity contribution in [1.82, 2.24) is 4.98 Å². The first-order valence-corrected chi connectivity index (χ1v) is 6.41. The molecule has 0 aliphatic heterocycles. The molecule has 1 aliphatic carbocycles. The number of anilines is 1.